The first kappa shape index (κ1) is 34.6. The average Bonchev–Trinajstić information content (AvgIpc) is 3.92. The van der Waals surface area contributed by atoms with Gasteiger partial charge in [-0.15, -0.1) is 0 Å². The molecule has 0 aliphatic carbocycles. The number of rotatable bonds is 4. The van der Waals surface area contributed by atoms with Gasteiger partial charge in [-0.2, -0.15) is 0 Å². The number of aromatic nitrogens is 3. The van der Waals surface area contributed by atoms with Crippen molar-refractivity contribution in [3.05, 3.63) is 218 Å². The van der Waals surface area contributed by atoms with Crippen LogP contribution in [0.4, 0.5) is 0 Å². The molecule has 9 aromatic carbocycles. The Kier molecular flexibility index (Phi) is 8.27. The second kappa shape index (κ2) is 14.1. The Morgan fingerprint density at radius 2 is 0.661 bits per heavy atom. The molecule has 12 rings (SSSR count). The predicted molar refractivity (Wildman–Crippen MR) is 251 cm³/mol. The van der Waals surface area contributed by atoms with Gasteiger partial charge in [-0.3, -0.25) is 0 Å². The lowest BCUT2D eigenvalue weighted by atomic mass is 10.0. The van der Waals surface area contributed by atoms with E-state index in [4.69, 9.17) is 0 Å². The summed E-state index contributed by atoms with van der Waals surface area (Å²) in [6, 6.07) is 76.5. The van der Waals surface area contributed by atoms with E-state index in [9.17, 15) is 0 Å². The van der Waals surface area contributed by atoms with Crippen molar-refractivity contribution in [3.8, 4) is 33.6 Å². The highest BCUT2D eigenvalue weighted by Crippen LogP contribution is 2.37. The van der Waals surface area contributed by atoms with Crippen LogP contribution in [0.15, 0.2) is 212 Å². The zero-order valence-corrected chi connectivity index (χ0v) is 33.0. The molecule has 0 aliphatic heterocycles. The zero-order valence-electron chi connectivity index (χ0n) is 33.0. The Labute approximate surface area is 343 Å². The fourth-order valence-corrected chi connectivity index (χ4v) is 9.21. The van der Waals surface area contributed by atoms with E-state index in [-0.39, 0.29) is 0 Å². The first-order chi connectivity index (χ1) is 29.1. The summed E-state index contributed by atoms with van der Waals surface area (Å²) in [5, 5.41) is 7.76. The van der Waals surface area contributed by atoms with Gasteiger partial charge in [-0.1, -0.05) is 145 Å². The molecule has 0 unspecified atom stereocenters. The van der Waals surface area contributed by atoms with Crippen molar-refractivity contribution in [2.24, 2.45) is 7.05 Å². The van der Waals surface area contributed by atoms with Crippen LogP contribution < -0.4 is 0 Å². The van der Waals surface area contributed by atoms with E-state index < -0.39 is 0 Å². The molecular formula is C56H41N3. The van der Waals surface area contributed by atoms with Gasteiger partial charge >= 0.3 is 0 Å². The van der Waals surface area contributed by atoms with E-state index in [2.05, 4.69) is 240 Å². The summed E-state index contributed by atoms with van der Waals surface area (Å²) in [6.45, 7) is 2.14. The zero-order chi connectivity index (χ0) is 39.5. The molecule has 0 bridgehead atoms. The maximum atomic E-state index is 2.37. The summed E-state index contributed by atoms with van der Waals surface area (Å²) in [5.74, 6) is 0. The third kappa shape index (κ3) is 5.82. The number of aryl methyl sites for hydroxylation is 2. The molecule has 0 N–H and O–H groups in total. The molecule has 0 spiro atoms. The fourth-order valence-electron chi connectivity index (χ4n) is 9.21. The van der Waals surface area contributed by atoms with Crippen LogP contribution in [0.2, 0.25) is 0 Å². The number of hydrogen-bond donors (Lipinski definition) is 0. The average molecular weight is 756 g/mol. The summed E-state index contributed by atoms with van der Waals surface area (Å²) in [4.78, 5) is 0. The molecule has 3 aromatic heterocycles. The maximum absolute atomic E-state index is 2.37. The summed E-state index contributed by atoms with van der Waals surface area (Å²) in [7, 11) is 2.15. The van der Waals surface area contributed by atoms with Crippen LogP contribution in [0.1, 0.15) is 5.56 Å². The summed E-state index contributed by atoms with van der Waals surface area (Å²) < 4.78 is 7.01. The molecule has 3 nitrogen and oxygen atoms in total. The molecule has 12 aromatic rings. The molecule has 59 heavy (non-hydrogen) atoms. The van der Waals surface area contributed by atoms with Crippen LogP contribution >= 0.6 is 0 Å². The Hall–Kier alpha value is -7.62. The maximum Gasteiger partial charge on any atom is 0.0541 e. The minimum absolute atomic E-state index is 1.19. The topological polar surface area (TPSA) is 14.8 Å². The Balaban J connectivity index is 0.000000139. The SMILES string of the molecule is Cc1cccc(-c2cccc(-n3c4ccccc4c4ccccc43)c2)c1.Cn1c2ccccc2c2cc(-c3ccc4c(c3)c3ccccc3n4-c3ccccc3)ccc21. The number of nitrogens with zero attached hydrogens (tertiary/aromatic N) is 3. The number of hydrogen-bond acceptors (Lipinski definition) is 0. The fraction of sp³-hybridized carbons (Fsp3) is 0.0357. The first-order valence-corrected chi connectivity index (χ1v) is 20.3. The molecular weight excluding hydrogens is 715 g/mol. The highest BCUT2D eigenvalue weighted by atomic mass is 15.0. The van der Waals surface area contributed by atoms with Gasteiger partial charge in [0, 0.05) is 61.8 Å². The molecule has 0 fully saturated rings. The van der Waals surface area contributed by atoms with Gasteiger partial charge in [0.05, 0.1) is 22.1 Å². The molecule has 3 heteroatoms. The molecule has 0 saturated carbocycles. The second-order valence-corrected chi connectivity index (χ2v) is 15.5. The normalized spacial score (nSPS) is 11.6. The molecule has 280 valence electrons. The standard InChI is InChI=1S/C31H22N2.C25H19N/c1-32-28-13-7-5-11-24(28)26-19-21(15-17-29(26)32)22-16-18-31-27(20-22)25-12-6-8-14-30(25)33(31)23-9-3-2-4-10-23;1-18-8-6-9-19(16-18)20-10-7-11-21(17-20)26-24-14-4-2-12-22(24)23-13-3-5-15-25(23)26/h2-20H,1H3;2-17H,1H3. The Morgan fingerprint density at radius 1 is 0.271 bits per heavy atom. The van der Waals surface area contributed by atoms with Crippen LogP contribution in [0, 0.1) is 6.92 Å². The van der Waals surface area contributed by atoms with Gasteiger partial charge < -0.3 is 13.7 Å². The molecule has 0 atom stereocenters. The Morgan fingerprint density at radius 3 is 1.27 bits per heavy atom. The first-order valence-electron chi connectivity index (χ1n) is 20.3. The molecule has 0 amide bonds. The lowest BCUT2D eigenvalue weighted by Gasteiger charge is -2.10. The monoisotopic (exact) mass is 755 g/mol. The van der Waals surface area contributed by atoms with Crippen LogP contribution in [0.3, 0.4) is 0 Å². The van der Waals surface area contributed by atoms with Crippen LogP contribution in [0.5, 0.6) is 0 Å². The highest BCUT2D eigenvalue weighted by Gasteiger charge is 2.15. The van der Waals surface area contributed by atoms with Crippen molar-refractivity contribution in [1.29, 1.82) is 0 Å². The molecule has 0 radical (unpaired) electrons. The third-order valence-corrected chi connectivity index (χ3v) is 12.0. The minimum Gasteiger partial charge on any atom is -0.344 e. The van der Waals surface area contributed by atoms with Crippen LogP contribution in [-0.2, 0) is 7.05 Å². The van der Waals surface area contributed by atoms with Crippen LogP contribution in [-0.4, -0.2) is 13.7 Å². The van der Waals surface area contributed by atoms with Gasteiger partial charge in [0.1, 0.15) is 0 Å². The van der Waals surface area contributed by atoms with E-state index >= 15 is 0 Å². The largest absolute Gasteiger partial charge is 0.344 e. The van der Waals surface area contributed by atoms with Crippen molar-refractivity contribution in [2.45, 2.75) is 6.92 Å². The smallest absolute Gasteiger partial charge is 0.0541 e. The van der Waals surface area contributed by atoms with Crippen LogP contribution in [0.25, 0.3) is 99.0 Å². The van der Waals surface area contributed by atoms with Crippen molar-refractivity contribution in [3.63, 3.8) is 0 Å². The van der Waals surface area contributed by atoms with Gasteiger partial charge in [0.2, 0.25) is 0 Å². The van der Waals surface area contributed by atoms with Crippen molar-refractivity contribution < 1.29 is 0 Å². The number of benzene rings is 9. The highest BCUT2D eigenvalue weighted by molar-refractivity contribution is 6.12. The summed E-state index contributed by atoms with van der Waals surface area (Å²) in [5.41, 5.74) is 16.2. The summed E-state index contributed by atoms with van der Waals surface area (Å²) >= 11 is 0. The van der Waals surface area contributed by atoms with Gasteiger partial charge in [-0.25, -0.2) is 0 Å². The van der Waals surface area contributed by atoms with Gasteiger partial charge in [-0.05, 0) is 102 Å². The van der Waals surface area contributed by atoms with Crippen molar-refractivity contribution >= 4 is 65.4 Å². The van der Waals surface area contributed by atoms with E-state index in [1.165, 1.54) is 105 Å². The molecule has 0 aliphatic rings. The summed E-state index contributed by atoms with van der Waals surface area (Å²) in [6.07, 6.45) is 0. The van der Waals surface area contributed by atoms with E-state index in [0.717, 1.165) is 0 Å². The van der Waals surface area contributed by atoms with E-state index in [0.29, 0.717) is 0 Å². The van der Waals surface area contributed by atoms with Gasteiger partial charge in [0.25, 0.3) is 0 Å². The number of fused-ring (bicyclic) bond motifs is 9. The third-order valence-electron chi connectivity index (χ3n) is 12.0. The predicted octanol–water partition coefficient (Wildman–Crippen LogP) is 14.9. The lowest BCUT2D eigenvalue weighted by molar-refractivity contribution is 1.01. The second-order valence-electron chi connectivity index (χ2n) is 15.5. The molecule has 0 saturated heterocycles. The number of para-hydroxylation sites is 5. The van der Waals surface area contributed by atoms with E-state index in [1.54, 1.807) is 0 Å². The van der Waals surface area contributed by atoms with Gasteiger partial charge in [0.15, 0.2) is 0 Å². The van der Waals surface area contributed by atoms with E-state index in [1.807, 2.05) is 0 Å². The van der Waals surface area contributed by atoms with Crippen molar-refractivity contribution in [2.75, 3.05) is 0 Å². The quantitative estimate of drug-likeness (QED) is 0.170. The Bertz CT molecular complexity index is 3470. The molecule has 3 heterocycles. The van der Waals surface area contributed by atoms with Crippen molar-refractivity contribution in [1.82, 2.24) is 13.7 Å². The minimum atomic E-state index is 1.19. The lowest BCUT2D eigenvalue weighted by Crippen LogP contribution is -1.94.